The Bertz CT molecular complexity index is 1580. The minimum absolute atomic E-state index is 0.0370. The van der Waals surface area contributed by atoms with Crippen molar-refractivity contribution in [3.05, 3.63) is 0 Å². The molecule has 4 aliphatic heterocycles. The summed E-state index contributed by atoms with van der Waals surface area (Å²) in [5.74, 6) is -8.67. The largest absolute Gasteiger partial charge is 0.464 e. The highest BCUT2D eigenvalue weighted by molar-refractivity contribution is 5.82. The highest BCUT2D eigenvalue weighted by Gasteiger charge is 2.51. The van der Waals surface area contributed by atoms with E-state index in [2.05, 4.69) is 0 Å². The fourth-order valence-corrected chi connectivity index (χ4v) is 6.35. The van der Waals surface area contributed by atoms with Crippen LogP contribution in [0.15, 0.2) is 0 Å². The van der Waals surface area contributed by atoms with Crippen molar-refractivity contribution < 1.29 is 100 Å². The molecule has 390 valence electrons. The van der Waals surface area contributed by atoms with Crippen molar-refractivity contribution in [1.82, 2.24) is 0 Å². The van der Waals surface area contributed by atoms with Crippen LogP contribution in [0.3, 0.4) is 0 Å². The van der Waals surface area contributed by atoms with Gasteiger partial charge in [0.2, 0.25) is 0 Å². The van der Waals surface area contributed by atoms with Crippen molar-refractivity contribution in [1.29, 1.82) is 0 Å². The maximum atomic E-state index is 14.1. The maximum Gasteiger partial charge on any atom is 0.318 e. The SMILES string of the molecule is CC(CO)(COC(=O)C(C)(COC(=O)C1(C)COC(C)(C)OC1)COC(=O)C1(C)COC(C)(C)OC1)COC(=O)C(C)(COC(=O)C1(C)COC(C)(C)OC1)COC(=O)C1(C)COC(C)(C)OC1. The molecule has 1 N–H and O–H groups in total. The molecule has 0 saturated carbocycles. The fourth-order valence-electron chi connectivity index (χ4n) is 6.35. The van der Waals surface area contributed by atoms with Crippen LogP contribution in [0.1, 0.15) is 104 Å². The summed E-state index contributed by atoms with van der Waals surface area (Å²) in [5.41, 5.74) is -10.0. The van der Waals surface area contributed by atoms with Crippen molar-refractivity contribution in [2.45, 2.75) is 127 Å². The van der Waals surface area contributed by atoms with Gasteiger partial charge in [-0.3, -0.25) is 28.8 Å². The maximum absolute atomic E-state index is 14.1. The molecule has 0 bridgehead atoms. The van der Waals surface area contributed by atoms with Gasteiger partial charge in [0.05, 0.1) is 64.9 Å². The molecule has 4 aliphatic rings. The van der Waals surface area contributed by atoms with Gasteiger partial charge in [-0.25, -0.2) is 0 Å². The molecule has 4 fully saturated rings. The van der Waals surface area contributed by atoms with Crippen molar-refractivity contribution in [3.8, 4) is 0 Å². The van der Waals surface area contributed by atoms with Crippen LogP contribution in [0, 0.1) is 37.9 Å². The zero-order valence-electron chi connectivity index (χ0n) is 42.7. The molecule has 21 heteroatoms. The molecule has 0 radical (unpaired) electrons. The number of aliphatic hydroxyl groups excluding tert-OH is 1. The second kappa shape index (κ2) is 20.7. The number of ether oxygens (including phenoxy) is 14. The summed E-state index contributed by atoms with van der Waals surface area (Å²) in [6.07, 6.45) is 0. The molecule has 0 aromatic rings. The van der Waals surface area contributed by atoms with Crippen LogP contribution in [0.2, 0.25) is 0 Å². The number of carbonyl (C=O) groups is 6. The molecule has 68 heavy (non-hydrogen) atoms. The van der Waals surface area contributed by atoms with Gasteiger partial charge in [0.15, 0.2) is 23.1 Å². The Kier molecular flexibility index (Phi) is 17.3. The van der Waals surface area contributed by atoms with Crippen LogP contribution in [0.4, 0.5) is 0 Å². The summed E-state index contributed by atoms with van der Waals surface area (Å²) >= 11 is 0. The van der Waals surface area contributed by atoms with E-state index in [9.17, 15) is 33.9 Å². The number of esters is 6. The first-order valence-electron chi connectivity index (χ1n) is 22.7. The van der Waals surface area contributed by atoms with Gasteiger partial charge in [-0.15, -0.1) is 0 Å². The minimum Gasteiger partial charge on any atom is -0.464 e. The Morgan fingerprint density at radius 3 is 0.735 bits per heavy atom. The lowest BCUT2D eigenvalue weighted by Gasteiger charge is -2.41. The van der Waals surface area contributed by atoms with Gasteiger partial charge in [-0.1, -0.05) is 6.92 Å². The summed E-state index contributed by atoms with van der Waals surface area (Å²) in [6.45, 7) is 19.6. The summed E-state index contributed by atoms with van der Waals surface area (Å²) < 4.78 is 79.7. The fraction of sp³-hybridized carbons (Fsp3) is 0.872. The zero-order chi connectivity index (χ0) is 51.5. The Labute approximate surface area is 399 Å². The summed E-state index contributed by atoms with van der Waals surface area (Å²) in [6, 6.07) is 0. The molecule has 0 aromatic carbocycles. The summed E-state index contributed by atoms with van der Waals surface area (Å²) in [5, 5.41) is 10.6. The highest BCUT2D eigenvalue weighted by Crippen LogP contribution is 2.37. The summed E-state index contributed by atoms with van der Waals surface area (Å²) in [7, 11) is 0. The Hall–Kier alpha value is -3.54. The number of carbonyl (C=O) groups excluding carboxylic acids is 6. The molecule has 0 amide bonds. The lowest BCUT2D eigenvalue weighted by molar-refractivity contribution is -0.283. The molecule has 0 aliphatic carbocycles. The second-order valence-electron chi connectivity index (χ2n) is 22.7. The molecule has 21 nitrogen and oxygen atoms in total. The van der Waals surface area contributed by atoms with Crippen molar-refractivity contribution in [2.24, 2.45) is 37.9 Å². The van der Waals surface area contributed by atoms with Crippen molar-refractivity contribution in [2.75, 3.05) is 99.1 Å². The first-order chi connectivity index (χ1) is 31.0. The van der Waals surface area contributed by atoms with E-state index < -0.39 is 143 Å². The number of aliphatic hydroxyl groups is 1. The van der Waals surface area contributed by atoms with Gasteiger partial charge >= 0.3 is 35.8 Å². The van der Waals surface area contributed by atoms with Crippen LogP contribution < -0.4 is 0 Å². The highest BCUT2D eigenvalue weighted by atomic mass is 16.7. The minimum atomic E-state index is -1.82. The van der Waals surface area contributed by atoms with E-state index in [1.54, 1.807) is 83.1 Å². The van der Waals surface area contributed by atoms with Gasteiger partial charge < -0.3 is 71.4 Å². The molecule has 0 spiro atoms. The molecule has 0 aromatic heterocycles. The van der Waals surface area contributed by atoms with E-state index in [0.717, 1.165) is 0 Å². The van der Waals surface area contributed by atoms with Crippen LogP contribution in [-0.4, -0.2) is 163 Å². The topological polar surface area (TPSA) is 252 Å². The average Bonchev–Trinajstić information content (AvgIpc) is 3.28. The third kappa shape index (κ3) is 14.5. The molecule has 0 unspecified atom stereocenters. The van der Waals surface area contributed by atoms with Crippen molar-refractivity contribution >= 4 is 35.8 Å². The smallest absolute Gasteiger partial charge is 0.318 e. The number of hydrogen-bond donors (Lipinski definition) is 1. The standard InChI is InChI=1S/C47H76O21/c1-37(2)61-23-44(12,24-62-37)33(51)57-19-42(10,20-58-34(52)45(13)25-63-38(3,4)64-26-45)31(49)55-17-41(9,16-48)18-56-32(50)43(11,21-59-35(53)46(14)27-65-39(5,6)66-28-46)22-60-36(54)47(15)29-67-40(7,8)68-30-47/h48H,16-30H2,1-15H3. The Morgan fingerprint density at radius 2 is 0.559 bits per heavy atom. The Balaban J connectivity index is 1.48. The van der Waals surface area contributed by atoms with Crippen LogP contribution in [0.25, 0.3) is 0 Å². The zero-order valence-corrected chi connectivity index (χ0v) is 42.7. The molecular formula is C47H76O21. The van der Waals surface area contributed by atoms with Gasteiger partial charge in [-0.2, -0.15) is 0 Å². The van der Waals surface area contributed by atoms with Crippen molar-refractivity contribution in [3.63, 3.8) is 0 Å². The van der Waals surface area contributed by atoms with Gasteiger partial charge in [0, 0.05) is 0 Å². The molecular weight excluding hydrogens is 900 g/mol. The lowest BCUT2D eigenvalue weighted by atomic mass is 9.89. The predicted octanol–water partition coefficient (Wildman–Crippen LogP) is 3.41. The number of rotatable bonds is 19. The van der Waals surface area contributed by atoms with Gasteiger partial charge in [-0.05, 0) is 96.9 Å². The number of hydrogen-bond acceptors (Lipinski definition) is 21. The van der Waals surface area contributed by atoms with Gasteiger partial charge in [0.25, 0.3) is 0 Å². The Morgan fingerprint density at radius 1 is 0.368 bits per heavy atom. The monoisotopic (exact) mass is 976 g/mol. The summed E-state index contributed by atoms with van der Waals surface area (Å²) in [4.78, 5) is 82.0. The third-order valence-corrected chi connectivity index (χ3v) is 12.4. The molecule has 0 atom stereocenters. The van der Waals surface area contributed by atoms with Crippen LogP contribution in [0.5, 0.6) is 0 Å². The first kappa shape index (κ1) is 57.0. The average molecular weight is 977 g/mol. The quantitative estimate of drug-likeness (QED) is 0.144. The van der Waals surface area contributed by atoms with E-state index in [1.165, 1.54) is 20.8 Å². The third-order valence-electron chi connectivity index (χ3n) is 12.4. The normalized spacial score (nSPS) is 23.5. The predicted molar refractivity (Wildman–Crippen MR) is 234 cm³/mol. The molecule has 4 saturated heterocycles. The first-order valence-corrected chi connectivity index (χ1v) is 22.7. The second-order valence-corrected chi connectivity index (χ2v) is 22.7. The van der Waals surface area contributed by atoms with E-state index in [4.69, 9.17) is 66.3 Å². The lowest BCUT2D eigenvalue weighted by Crippen LogP contribution is -2.52. The van der Waals surface area contributed by atoms with E-state index in [1.807, 2.05) is 0 Å². The van der Waals surface area contributed by atoms with E-state index in [0.29, 0.717) is 0 Å². The van der Waals surface area contributed by atoms with Gasteiger partial charge in [0.1, 0.15) is 72.1 Å². The van der Waals surface area contributed by atoms with E-state index >= 15 is 0 Å². The van der Waals surface area contributed by atoms with Crippen LogP contribution in [-0.2, 0) is 95.1 Å². The van der Waals surface area contributed by atoms with E-state index in [-0.39, 0.29) is 52.9 Å². The molecule has 4 rings (SSSR count). The van der Waals surface area contributed by atoms with Crippen LogP contribution >= 0.6 is 0 Å². The molecule has 4 heterocycles.